The second-order valence-electron chi connectivity index (χ2n) is 3.99. The Morgan fingerprint density at radius 1 is 1.21 bits per heavy atom. The van der Waals surface area contributed by atoms with Crippen molar-refractivity contribution < 1.29 is 4.74 Å². The molecule has 7 nitrogen and oxygen atoms in total. The largest absolute Gasteiger partial charge is 0.464 e. The first-order chi connectivity index (χ1) is 9.15. The van der Waals surface area contributed by atoms with Crippen LogP contribution >= 0.6 is 0 Å². The zero-order valence-corrected chi connectivity index (χ0v) is 11.6. The van der Waals surface area contributed by atoms with Gasteiger partial charge >= 0.3 is 6.01 Å². The first-order valence-corrected chi connectivity index (χ1v) is 6.29. The summed E-state index contributed by atoms with van der Waals surface area (Å²) in [6, 6.07) is 0.314. The number of ether oxygens (including phenoxy) is 1. The van der Waals surface area contributed by atoms with Crippen LogP contribution in [0.5, 0.6) is 6.01 Å². The molecule has 0 aliphatic heterocycles. The minimum Gasteiger partial charge on any atom is -0.464 e. The van der Waals surface area contributed by atoms with Crippen molar-refractivity contribution in [2.75, 3.05) is 18.5 Å². The topological polar surface area (TPSA) is 77.8 Å². The van der Waals surface area contributed by atoms with Crippen LogP contribution in [0.4, 0.5) is 5.95 Å². The highest BCUT2D eigenvalue weighted by Crippen LogP contribution is 2.14. The SMILES string of the molecule is CCNc1nc(OCC)nc(-n2cnc(C)c2C)n1. The number of aromatic nitrogens is 5. The van der Waals surface area contributed by atoms with Gasteiger partial charge in [0.1, 0.15) is 6.33 Å². The highest BCUT2D eigenvalue weighted by atomic mass is 16.5. The number of nitrogens with zero attached hydrogens (tertiary/aromatic N) is 5. The molecule has 2 rings (SSSR count). The third-order valence-corrected chi connectivity index (χ3v) is 2.68. The average molecular weight is 262 g/mol. The number of imidazole rings is 1. The standard InChI is InChI=1S/C12H18N6O/c1-5-13-10-15-11(17-12(16-10)19-6-2)18-7-14-8(3)9(18)4/h7H,5-6H2,1-4H3,(H,13,15,16,17). The van der Waals surface area contributed by atoms with E-state index in [0.717, 1.165) is 17.9 Å². The van der Waals surface area contributed by atoms with Crippen LogP contribution in [-0.4, -0.2) is 37.7 Å². The van der Waals surface area contributed by atoms with E-state index in [2.05, 4.69) is 25.3 Å². The van der Waals surface area contributed by atoms with Crippen molar-refractivity contribution in [2.24, 2.45) is 0 Å². The number of hydrogen-bond acceptors (Lipinski definition) is 6. The zero-order valence-electron chi connectivity index (χ0n) is 11.6. The lowest BCUT2D eigenvalue weighted by atomic mass is 10.4. The summed E-state index contributed by atoms with van der Waals surface area (Å²) in [7, 11) is 0. The van der Waals surface area contributed by atoms with E-state index in [9.17, 15) is 0 Å². The first-order valence-electron chi connectivity index (χ1n) is 6.29. The van der Waals surface area contributed by atoms with E-state index in [-0.39, 0.29) is 0 Å². The van der Waals surface area contributed by atoms with E-state index in [1.54, 1.807) is 6.33 Å². The molecule has 0 radical (unpaired) electrons. The minimum absolute atomic E-state index is 0.314. The summed E-state index contributed by atoms with van der Waals surface area (Å²) < 4.78 is 7.19. The second-order valence-corrected chi connectivity index (χ2v) is 3.99. The van der Waals surface area contributed by atoms with Crippen LogP contribution in [0.2, 0.25) is 0 Å². The number of rotatable bonds is 5. The normalized spacial score (nSPS) is 10.5. The van der Waals surface area contributed by atoms with Gasteiger partial charge in [0.2, 0.25) is 11.9 Å². The van der Waals surface area contributed by atoms with E-state index < -0.39 is 0 Å². The van der Waals surface area contributed by atoms with Gasteiger partial charge in [-0.05, 0) is 27.7 Å². The molecular formula is C12H18N6O. The maximum atomic E-state index is 5.37. The third kappa shape index (κ3) is 2.81. The smallest absolute Gasteiger partial charge is 0.323 e. The molecule has 0 aliphatic rings. The molecule has 0 saturated carbocycles. The second kappa shape index (κ2) is 5.64. The van der Waals surface area contributed by atoms with E-state index in [4.69, 9.17) is 4.74 Å². The molecule has 0 aliphatic carbocycles. The van der Waals surface area contributed by atoms with Crippen molar-refractivity contribution in [3.63, 3.8) is 0 Å². The fraction of sp³-hybridized carbons (Fsp3) is 0.500. The number of anilines is 1. The van der Waals surface area contributed by atoms with Crippen LogP contribution < -0.4 is 10.1 Å². The van der Waals surface area contributed by atoms with Crippen molar-refractivity contribution in [3.05, 3.63) is 17.7 Å². The third-order valence-electron chi connectivity index (χ3n) is 2.68. The van der Waals surface area contributed by atoms with Gasteiger partial charge in [-0.1, -0.05) is 0 Å². The number of aryl methyl sites for hydroxylation is 1. The molecule has 102 valence electrons. The van der Waals surface area contributed by atoms with Crippen LogP contribution in [0.25, 0.3) is 5.95 Å². The summed E-state index contributed by atoms with van der Waals surface area (Å²) in [6.07, 6.45) is 1.70. The first kappa shape index (κ1) is 13.3. The van der Waals surface area contributed by atoms with Gasteiger partial charge in [-0.25, -0.2) is 4.98 Å². The van der Waals surface area contributed by atoms with E-state index in [1.807, 2.05) is 32.3 Å². The Bertz CT molecular complexity index is 541. The molecule has 2 aromatic rings. The van der Waals surface area contributed by atoms with Gasteiger partial charge in [0.05, 0.1) is 12.3 Å². The summed E-state index contributed by atoms with van der Waals surface area (Å²) in [6.45, 7) is 9.04. The van der Waals surface area contributed by atoms with E-state index in [0.29, 0.717) is 24.5 Å². The van der Waals surface area contributed by atoms with Crippen LogP contribution in [-0.2, 0) is 0 Å². The molecule has 1 N–H and O–H groups in total. The zero-order chi connectivity index (χ0) is 13.8. The molecular weight excluding hydrogens is 244 g/mol. The lowest BCUT2D eigenvalue weighted by molar-refractivity contribution is 0.311. The van der Waals surface area contributed by atoms with Crippen molar-refractivity contribution in [1.29, 1.82) is 0 Å². The van der Waals surface area contributed by atoms with Gasteiger partial charge < -0.3 is 10.1 Å². The van der Waals surface area contributed by atoms with Crippen LogP contribution in [0.3, 0.4) is 0 Å². The van der Waals surface area contributed by atoms with Gasteiger partial charge in [-0.2, -0.15) is 15.0 Å². The fourth-order valence-electron chi connectivity index (χ4n) is 1.58. The Morgan fingerprint density at radius 3 is 2.58 bits per heavy atom. The van der Waals surface area contributed by atoms with Gasteiger partial charge in [-0.15, -0.1) is 0 Å². The molecule has 0 aromatic carbocycles. The molecule has 0 bridgehead atoms. The molecule has 0 spiro atoms. The van der Waals surface area contributed by atoms with E-state index >= 15 is 0 Å². The maximum absolute atomic E-state index is 5.37. The number of nitrogens with one attached hydrogen (secondary N) is 1. The van der Waals surface area contributed by atoms with Gasteiger partial charge in [-0.3, -0.25) is 4.57 Å². The monoisotopic (exact) mass is 262 g/mol. The lowest BCUT2D eigenvalue weighted by Crippen LogP contribution is -2.11. The highest BCUT2D eigenvalue weighted by molar-refractivity contribution is 5.32. The Labute approximate surface area is 112 Å². The quantitative estimate of drug-likeness (QED) is 0.880. The molecule has 0 fully saturated rings. The van der Waals surface area contributed by atoms with Gasteiger partial charge in [0.15, 0.2) is 0 Å². The van der Waals surface area contributed by atoms with Crippen LogP contribution in [0, 0.1) is 13.8 Å². The molecule has 19 heavy (non-hydrogen) atoms. The molecule has 2 aromatic heterocycles. The Hall–Kier alpha value is -2.18. The molecule has 7 heteroatoms. The Morgan fingerprint density at radius 2 is 2.00 bits per heavy atom. The molecule has 2 heterocycles. The summed E-state index contributed by atoms with van der Waals surface area (Å²) >= 11 is 0. The molecule has 0 atom stereocenters. The fourth-order valence-corrected chi connectivity index (χ4v) is 1.58. The Balaban J connectivity index is 2.46. The van der Waals surface area contributed by atoms with Gasteiger partial charge in [0.25, 0.3) is 0 Å². The van der Waals surface area contributed by atoms with Gasteiger partial charge in [0, 0.05) is 12.2 Å². The Kier molecular flexibility index (Phi) is 3.94. The summed E-state index contributed by atoms with van der Waals surface area (Å²) in [5.74, 6) is 1.01. The van der Waals surface area contributed by atoms with Crippen molar-refractivity contribution in [1.82, 2.24) is 24.5 Å². The van der Waals surface area contributed by atoms with Crippen LogP contribution in [0.15, 0.2) is 6.33 Å². The predicted molar refractivity (Wildman–Crippen MR) is 71.8 cm³/mol. The summed E-state index contributed by atoms with van der Waals surface area (Å²) in [5.41, 5.74) is 1.94. The van der Waals surface area contributed by atoms with Crippen molar-refractivity contribution >= 4 is 5.95 Å². The van der Waals surface area contributed by atoms with Crippen molar-refractivity contribution in [2.45, 2.75) is 27.7 Å². The molecule has 0 saturated heterocycles. The summed E-state index contributed by atoms with van der Waals surface area (Å²) in [4.78, 5) is 17.1. The maximum Gasteiger partial charge on any atom is 0.323 e. The lowest BCUT2D eigenvalue weighted by Gasteiger charge is -2.09. The average Bonchev–Trinajstić information content (AvgIpc) is 2.71. The molecule has 0 unspecified atom stereocenters. The highest BCUT2D eigenvalue weighted by Gasteiger charge is 2.11. The number of hydrogen-bond donors (Lipinski definition) is 1. The van der Waals surface area contributed by atoms with E-state index in [1.165, 1.54) is 0 Å². The van der Waals surface area contributed by atoms with Crippen LogP contribution in [0.1, 0.15) is 25.2 Å². The molecule has 0 amide bonds. The van der Waals surface area contributed by atoms with Crippen molar-refractivity contribution in [3.8, 4) is 12.0 Å². The minimum atomic E-state index is 0.314. The predicted octanol–water partition coefficient (Wildman–Crippen LogP) is 1.50. The summed E-state index contributed by atoms with van der Waals surface area (Å²) in [5, 5.41) is 3.07.